The molecule has 0 radical (unpaired) electrons. The highest BCUT2D eigenvalue weighted by Crippen LogP contribution is 2.43. The molecule has 0 aromatic heterocycles. The van der Waals surface area contributed by atoms with Gasteiger partial charge in [-0.3, -0.25) is 0 Å². The third-order valence-corrected chi connectivity index (χ3v) is 5.47. The minimum atomic E-state index is 0.107. The Bertz CT molecular complexity index is 639. The molecule has 2 heteroatoms. The Balaban J connectivity index is 1.72. The first-order valence-corrected chi connectivity index (χ1v) is 9.25. The zero-order valence-corrected chi connectivity index (χ0v) is 15.2. The Morgan fingerprint density at radius 3 is 2.71 bits per heavy atom. The average Bonchev–Trinajstić information content (AvgIpc) is 2.78. The van der Waals surface area contributed by atoms with E-state index in [2.05, 4.69) is 78.9 Å². The summed E-state index contributed by atoms with van der Waals surface area (Å²) in [5.74, 6) is 0. The monoisotopic (exact) mass is 322 g/mol. The third kappa shape index (κ3) is 3.64. The van der Waals surface area contributed by atoms with Gasteiger partial charge in [-0.05, 0) is 48.8 Å². The van der Waals surface area contributed by atoms with E-state index in [0.717, 1.165) is 45.6 Å². The molecule has 1 spiro atoms. The first-order valence-electron chi connectivity index (χ1n) is 9.25. The fourth-order valence-corrected chi connectivity index (χ4v) is 3.93. The molecule has 128 valence electrons. The SMILES string of the molecule is C=C1CC2(C=CCN(CCN(CC)CC)C=C2)Cc2ccccc21. The van der Waals surface area contributed by atoms with Crippen LogP contribution >= 0.6 is 0 Å². The second-order valence-electron chi connectivity index (χ2n) is 7.09. The van der Waals surface area contributed by atoms with E-state index >= 15 is 0 Å². The molecular weight excluding hydrogens is 292 g/mol. The molecule has 3 rings (SSSR count). The number of fused-ring (bicyclic) bond motifs is 1. The summed E-state index contributed by atoms with van der Waals surface area (Å²) < 4.78 is 0. The van der Waals surface area contributed by atoms with Crippen LogP contribution in [0.5, 0.6) is 0 Å². The van der Waals surface area contributed by atoms with Crippen LogP contribution in [-0.4, -0.2) is 42.5 Å². The van der Waals surface area contributed by atoms with Crippen LogP contribution in [-0.2, 0) is 6.42 Å². The fourth-order valence-electron chi connectivity index (χ4n) is 3.93. The largest absolute Gasteiger partial charge is 0.373 e. The molecule has 1 aromatic carbocycles. The summed E-state index contributed by atoms with van der Waals surface area (Å²) >= 11 is 0. The van der Waals surface area contributed by atoms with E-state index in [0.29, 0.717) is 0 Å². The topological polar surface area (TPSA) is 6.48 Å². The average molecular weight is 322 g/mol. The van der Waals surface area contributed by atoms with Crippen molar-refractivity contribution < 1.29 is 0 Å². The standard InChI is InChI=1S/C22H30N2/c1-4-23(5-2)15-16-24-13-8-11-22(12-14-24)17-19(3)21-10-7-6-9-20(21)18-22/h6-12,14H,3-5,13,15-18H2,1-2H3. The maximum atomic E-state index is 4.35. The van der Waals surface area contributed by atoms with Gasteiger partial charge in [-0.1, -0.05) is 62.9 Å². The predicted octanol–water partition coefficient (Wildman–Crippen LogP) is 4.36. The first kappa shape index (κ1) is 17.0. The van der Waals surface area contributed by atoms with Crippen LogP contribution in [0.25, 0.3) is 5.57 Å². The second kappa shape index (κ2) is 7.40. The van der Waals surface area contributed by atoms with Crippen LogP contribution < -0.4 is 0 Å². The molecule has 1 atom stereocenters. The lowest BCUT2D eigenvalue weighted by Crippen LogP contribution is -2.32. The molecule has 24 heavy (non-hydrogen) atoms. The Labute approximate surface area is 147 Å². The molecule has 0 N–H and O–H groups in total. The van der Waals surface area contributed by atoms with Crippen molar-refractivity contribution in [3.8, 4) is 0 Å². The molecule has 1 unspecified atom stereocenters. The maximum Gasteiger partial charge on any atom is 0.0354 e. The van der Waals surface area contributed by atoms with E-state index in [9.17, 15) is 0 Å². The zero-order valence-electron chi connectivity index (χ0n) is 15.2. The second-order valence-corrected chi connectivity index (χ2v) is 7.09. The lowest BCUT2D eigenvalue weighted by Gasteiger charge is -2.34. The summed E-state index contributed by atoms with van der Waals surface area (Å²) in [5, 5.41) is 0. The summed E-state index contributed by atoms with van der Waals surface area (Å²) in [7, 11) is 0. The number of nitrogens with zero attached hydrogens (tertiary/aromatic N) is 2. The Kier molecular flexibility index (Phi) is 5.25. The van der Waals surface area contributed by atoms with E-state index in [1.54, 1.807) is 0 Å². The summed E-state index contributed by atoms with van der Waals surface area (Å²) in [6.45, 7) is 14.3. The summed E-state index contributed by atoms with van der Waals surface area (Å²) in [6, 6.07) is 8.73. The predicted molar refractivity (Wildman–Crippen MR) is 104 cm³/mol. The minimum Gasteiger partial charge on any atom is -0.373 e. The molecule has 0 amide bonds. The molecule has 2 nitrogen and oxygen atoms in total. The summed E-state index contributed by atoms with van der Waals surface area (Å²) in [4.78, 5) is 4.92. The highest BCUT2D eigenvalue weighted by Gasteiger charge is 2.32. The molecule has 2 aliphatic rings. The smallest absolute Gasteiger partial charge is 0.0354 e. The van der Waals surface area contributed by atoms with Crippen LogP contribution in [0.15, 0.2) is 55.3 Å². The van der Waals surface area contributed by atoms with Crippen LogP contribution in [0.2, 0.25) is 0 Å². The molecule has 0 saturated heterocycles. The molecule has 0 bridgehead atoms. The van der Waals surface area contributed by atoms with Gasteiger partial charge >= 0.3 is 0 Å². The highest BCUT2D eigenvalue weighted by atomic mass is 15.2. The molecule has 1 heterocycles. The number of benzene rings is 1. The molecule has 1 aromatic rings. The van der Waals surface area contributed by atoms with Gasteiger partial charge in [-0.25, -0.2) is 0 Å². The van der Waals surface area contributed by atoms with Crippen molar-refractivity contribution in [2.24, 2.45) is 5.41 Å². The lowest BCUT2D eigenvalue weighted by molar-refractivity contribution is 0.264. The van der Waals surface area contributed by atoms with Gasteiger partial charge < -0.3 is 9.80 Å². The molecule has 1 aliphatic carbocycles. The van der Waals surface area contributed by atoms with Gasteiger partial charge in [0.15, 0.2) is 0 Å². The molecule has 1 aliphatic heterocycles. The maximum absolute atomic E-state index is 4.35. The van der Waals surface area contributed by atoms with Gasteiger partial charge in [0.2, 0.25) is 0 Å². The molecular formula is C22H30N2. The first-order chi connectivity index (χ1) is 11.7. The van der Waals surface area contributed by atoms with Crippen molar-refractivity contribution in [1.29, 1.82) is 0 Å². The Morgan fingerprint density at radius 1 is 1.12 bits per heavy atom. The van der Waals surface area contributed by atoms with Gasteiger partial charge in [0, 0.05) is 25.0 Å². The zero-order chi connectivity index (χ0) is 17.0. The van der Waals surface area contributed by atoms with Crippen LogP contribution in [0.4, 0.5) is 0 Å². The lowest BCUT2D eigenvalue weighted by atomic mass is 9.69. The summed E-state index contributed by atoms with van der Waals surface area (Å²) in [5.41, 5.74) is 4.16. The van der Waals surface area contributed by atoms with Gasteiger partial charge in [0.1, 0.15) is 0 Å². The van der Waals surface area contributed by atoms with Crippen molar-refractivity contribution in [2.75, 3.05) is 32.7 Å². The quantitative estimate of drug-likeness (QED) is 0.743. The van der Waals surface area contributed by atoms with Gasteiger partial charge in [0.25, 0.3) is 0 Å². The Morgan fingerprint density at radius 2 is 1.92 bits per heavy atom. The normalized spacial score (nSPS) is 23.0. The summed E-state index contributed by atoms with van der Waals surface area (Å²) in [6.07, 6.45) is 11.6. The van der Waals surface area contributed by atoms with Crippen LogP contribution in [0.1, 0.15) is 31.4 Å². The number of hydrogen-bond acceptors (Lipinski definition) is 2. The number of allylic oxidation sites excluding steroid dienone is 3. The van der Waals surface area contributed by atoms with Crippen molar-refractivity contribution in [3.63, 3.8) is 0 Å². The number of hydrogen-bond donors (Lipinski definition) is 0. The van der Waals surface area contributed by atoms with Crippen molar-refractivity contribution >= 4 is 5.57 Å². The third-order valence-electron chi connectivity index (χ3n) is 5.47. The van der Waals surface area contributed by atoms with Crippen molar-refractivity contribution in [3.05, 3.63) is 66.4 Å². The fraction of sp³-hybridized carbons (Fsp3) is 0.455. The number of likely N-dealkylation sites (N-methyl/N-ethyl adjacent to an activating group) is 1. The molecule has 0 fully saturated rings. The van der Waals surface area contributed by atoms with Gasteiger partial charge in [-0.2, -0.15) is 0 Å². The Hall–Kier alpha value is -1.80. The van der Waals surface area contributed by atoms with Crippen LogP contribution in [0.3, 0.4) is 0 Å². The molecule has 0 saturated carbocycles. The van der Waals surface area contributed by atoms with Crippen molar-refractivity contribution in [2.45, 2.75) is 26.7 Å². The van der Waals surface area contributed by atoms with Gasteiger partial charge in [-0.15, -0.1) is 0 Å². The van der Waals surface area contributed by atoms with E-state index in [1.807, 2.05) is 0 Å². The van der Waals surface area contributed by atoms with Crippen LogP contribution in [0, 0.1) is 5.41 Å². The number of rotatable bonds is 5. The van der Waals surface area contributed by atoms with E-state index < -0.39 is 0 Å². The van der Waals surface area contributed by atoms with E-state index in [4.69, 9.17) is 0 Å². The van der Waals surface area contributed by atoms with E-state index in [1.165, 1.54) is 16.7 Å². The van der Waals surface area contributed by atoms with Crippen molar-refractivity contribution in [1.82, 2.24) is 9.80 Å². The van der Waals surface area contributed by atoms with E-state index in [-0.39, 0.29) is 5.41 Å². The highest BCUT2D eigenvalue weighted by molar-refractivity contribution is 5.70. The minimum absolute atomic E-state index is 0.107. The van der Waals surface area contributed by atoms with Gasteiger partial charge in [0.05, 0.1) is 0 Å².